The normalized spacial score (nSPS) is 21.1. The zero-order chi connectivity index (χ0) is 43.7. The molecule has 1 rings (SSSR count). The van der Waals surface area contributed by atoms with Crippen LogP contribution >= 0.6 is 0 Å². The number of hydrogen-bond acceptors (Lipinski definition) is 8. The van der Waals surface area contributed by atoms with E-state index in [1.54, 1.807) is 6.08 Å². The Kier molecular flexibility index (Phi) is 38.1. The summed E-state index contributed by atoms with van der Waals surface area (Å²) in [5.74, 6) is -0.197. The monoisotopic (exact) mass is 846 g/mol. The highest BCUT2D eigenvalue weighted by molar-refractivity contribution is 5.76. The van der Waals surface area contributed by atoms with E-state index in [1.165, 1.54) is 116 Å². The molecule has 0 aromatic carbocycles. The van der Waals surface area contributed by atoms with Gasteiger partial charge in [-0.05, 0) is 70.6 Å². The number of rotatable bonds is 40. The zero-order valence-electron chi connectivity index (χ0n) is 38.2. The molecule has 1 aliphatic heterocycles. The summed E-state index contributed by atoms with van der Waals surface area (Å²) in [7, 11) is 0. The van der Waals surface area contributed by atoms with E-state index >= 15 is 0 Å². The van der Waals surface area contributed by atoms with Gasteiger partial charge in [-0.3, -0.25) is 4.79 Å². The second-order valence-electron chi connectivity index (χ2n) is 16.9. The van der Waals surface area contributed by atoms with Crippen LogP contribution in [0.1, 0.15) is 200 Å². The molecular weight excluding hydrogens is 755 g/mol. The second kappa shape index (κ2) is 40.9. The molecule has 1 amide bonds. The molecule has 0 aromatic heterocycles. The first-order valence-electron chi connectivity index (χ1n) is 24.5. The summed E-state index contributed by atoms with van der Waals surface area (Å²) in [5.41, 5.74) is 0. The Bertz CT molecular complexity index is 1120. The standard InChI is InChI=1S/C51H91NO8/c1-3-5-7-9-11-13-15-17-19-20-21-22-23-24-25-26-27-29-31-33-35-37-39-41-47(55)52-44(43-59-51-50(58)49(57)48(56)46(42-53)60-51)45(54)40-38-36-34-32-30-28-18-16-14-12-10-8-6-4-2/h15,17,20-21,23-24,30,32,38,40,44-46,48-51,53-54,56-58H,3-14,16,18-19,22,25-29,31,33-37,39,41-43H2,1-2H3,(H,52,55)/b17-15-,21-20-,24-23-,32-30+,40-38+. The van der Waals surface area contributed by atoms with E-state index in [0.717, 1.165) is 64.2 Å². The minimum atomic E-state index is -1.57. The van der Waals surface area contributed by atoms with Crippen molar-refractivity contribution >= 4 is 5.91 Å². The van der Waals surface area contributed by atoms with Gasteiger partial charge in [0.2, 0.25) is 5.91 Å². The maximum Gasteiger partial charge on any atom is 0.220 e. The number of nitrogens with one attached hydrogen (secondary N) is 1. The van der Waals surface area contributed by atoms with Crippen LogP contribution in [0.3, 0.4) is 0 Å². The first kappa shape index (κ1) is 55.9. The lowest BCUT2D eigenvalue weighted by Gasteiger charge is -2.40. The SMILES string of the molecule is CCCCCCC/C=C\C/C=C\C/C=C\CCCCCCCCCCC(=O)NC(COC1OC(CO)C(O)C(O)C1O)C(O)/C=C/CC/C=C/CCCCCCCCCC. The maximum atomic E-state index is 13.0. The Morgan fingerprint density at radius 2 is 1.00 bits per heavy atom. The van der Waals surface area contributed by atoms with Gasteiger partial charge in [-0.2, -0.15) is 0 Å². The summed E-state index contributed by atoms with van der Waals surface area (Å²) in [6.45, 7) is 3.73. The third kappa shape index (κ3) is 30.8. The van der Waals surface area contributed by atoms with Crippen molar-refractivity contribution in [1.29, 1.82) is 0 Å². The van der Waals surface area contributed by atoms with Gasteiger partial charge in [0.1, 0.15) is 24.4 Å². The number of hydrogen-bond donors (Lipinski definition) is 6. The van der Waals surface area contributed by atoms with Crippen LogP contribution in [0.4, 0.5) is 0 Å². The number of ether oxygens (including phenoxy) is 2. The summed E-state index contributed by atoms with van der Waals surface area (Å²) in [6, 6.07) is -0.827. The Labute approximate surface area is 366 Å². The van der Waals surface area contributed by atoms with Crippen molar-refractivity contribution in [3.8, 4) is 0 Å². The highest BCUT2D eigenvalue weighted by Crippen LogP contribution is 2.22. The van der Waals surface area contributed by atoms with Crippen molar-refractivity contribution in [2.24, 2.45) is 0 Å². The number of allylic oxidation sites excluding steroid dienone is 9. The van der Waals surface area contributed by atoms with Crippen LogP contribution in [0.15, 0.2) is 60.8 Å². The molecule has 0 aromatic rings. The van der Waals surface area contributed by atoms with Crippen molar-refractivity contribution in [1.82, 2.24) is 5.32 Å². The molecule has 6 N–H and O–H groups in total. The quantitative estimate of drug-likeness (QED) is 0.0264. The van der Waals surface area contributed by atoms with Crippen LogP contribution in [0.25, 0.3) is 0 Å². The van der Waals surface area contributed by atoms with Crippen molar-refractivity contribution < 1.29 is 39.8 Å². The van der Waals surface area contributed by atoms with Crippen LogP contribution < -0.4 is 5.32 Å². The zero-order valence-corrected chi connectivity index (χ0v) is 38.2. The summed E-state index contributed by atoms with van der Waals surface area (Å²) in [6.07, 6.45) is 46.9. The molecule has 0 bridgehead atoms. The molecule has 7 unspecified atom stereocenters. The minimum Gasteiger partial charge on any atom is -0.394 e. The summed E-state index contributed by atoms with van der Waals surface area (Å²) in [5, 5.41) is 54.2. The third-order valence-corrected chi connectivity index (χ3v) is 11.3. The van der Waals surface area contributed by atoms with Gasteiger partial charge in [-0.1, -0.05) is 184 Å². The van der Waals surface area contributed by atoms with Gasteiger partial charge in [-0.15, -0.1) is 0 Å². The lowest BCUT2D eigenvalue weighted by atomic mass is 9.99. The number of aliphatic hydroxyl groups excluding tert-OH is 5. The van der Waals surface area contributed by atoms with Crippen LogP contribution in [-0.2, 0) is 14.3 Å². The topological polar surface area (TPSA) is 149 Å². The molecule has 1 aliphatic rings. The molecule has 1 fully saturated rings. The number of unbranched alkanes of at least 4 members (excludes halogenated alkanes) is 22. The van der Waals surface area contributed by atoms with Crippen molar-refractivity contribution in [3.63, 3.8) is 0 Å². The highest BCUT2D eigenvalue weighted by atomic mass is 16.7. The summed E-state index contributed by atoms with van der Waals surface area (Å²) >= 11 is 0. The smallest absolute Gasteiger partial charge is 0.220 e. The average molecular weight is 846 g/mol. The van der Waals surface area contributed by atoms with Crippen LogP contribution in [-0.4, -0.2) is 87.5 Å². The number of aliphatic hydroxyl groups is 5. The molecule has 1 heterocycles. The third-order valence-electron chi connectivity index (χ3n) is 11.3. The minimum absolute atomic E-state index is 0.197. The predicted octanol–water partition coefficient (Wildman–Crippen LogP) is 10.8. The summed E-state index contributed by atoms with van der Waals surface area (Å²) in [4.78, 5) is 13.0. The molecule has 0 aliphatic carbocycles. The van der Waals surface area contributed by atoms with Gasteiger partial charge >= 0.3 is 0 Å². The van der Waals surface area contributed by atoms with Gasteiger partial charge in [0.25, 0.3) is 0 Å². The van der Waals surface area contributed by atoms with E-state index in [1.807, 2.05) is 6.08 Å². The molecule has 0 radical (unpaired) electrons. The average Bonchev–Trinajstić information content (AvgIpc) is 3.25. The Morgan fingerprint density at radius 3 is 1.52 bits per heavy atom. The molecule has 9 nitrogen and oxygen atoms in total. The Balaban J connectivity index is 2.32. The fourth-order valence-electron chi connectivity index (χ4n) is 7.35. The highest BCUT2D eigenvalue weighted by Gasteiger charge is 2.44. The van der Waals surface area contributed by atoms with Gasteiger partial charge in [-0.25, -0.2) is 0 Å². The van der Waals surface area contributed by atoms with Crippen LogP contribution in [0, 0.1) is 0 Å². The van der Waals surface area contributed by atoms with E-state index in [2.05, 4.69) is 67.8 Å². The summed E-state index contributed by atoms with van der Waals surface area (Å²) < 4.78 is 11.2. The van der Waals surface area contributed by atoms with E-state index < -0.39 is 49.5 Å². The fourth-order valence-corrected chi connectivity index (χ4v) is 7.35. The van der Waals surface area contributed by atoms with Crippen molar-refractivity contribution in [3.05, 3.63) is 60.8 Å². The van der Waals surface area contributed by atoms with E-state index in [9.17, 15) is 30.3 Å². The van der Waals surface area contributed by atoms with Gasteiger partial charge in [0.15, 0.2) is 6.29 Å². The molecule has 348 valence electrons. The van der Waals surface area contributed by atoms with E-state index in [4.69, 9.17) is 9.47 Å². The molecular formula is C51H91NO8. The van der Waals surface area contributed by atoms with Gasteiger partial charge in [0.05, 0.1) is 25.4 Å². The van der Waals surface area contributed by atoms with Crippen molar-refractivity contribution in [2.45, 2.75) is 243 Å². The van der Waals surface area contributed by atoms with E-state index in [-0.39, 0.29) is 12.5 Å². The number of carbonyl (C=O) groups is 1. The molecule has 7 atom stereocenters. The number of amides is 1. The fraction of sp³-hybridized carbons (Fsp3) is 0.784. The first-order chi connectivity index (χ1) is 29.3. The first-order valence-corrected chi connectivity index (χ1v) is 24.5. The van der Waals surface area contributed by atoms with Crippen LogP contribution in [0.5, 0.6) is 0 Å². The molecule has 0 saturated carbocycles. The Hall–Kier alpha value is -2.11. The largest absolute Gasteiger partial charge is 0.394 e. The lowest BCUT2D eigenvalue weighted by molar-refractivity contribution is -0.302. The van der Waals surface area contributed by atoms with Crippen molar-refractivity contribution in [2.75, 3.05) is 13.2 Å². The van der Waals surface area contributed by atoms with Gasteiger partial charge in [0, 0.05) is 6.42 Å². The molecule has 60 heavy (non-hydrogen) atoms. The van der Waals surface area contributed by atoms with E-state index in [0.29, 0.717) is 6.42 Å². The predicted molar refractivity (Wildman–Crippen MR) is 249 cm³/mol. The lowest BCUT2D eigenvalue weighted by Crippen LogP contribution is -2.60. The maximum absolute atomic E-state index is 13.0. The molecule has 1 saturated heterocycles. The Morgan fingerprint density at radius 1 is 0.567 bits per heavy atom. The number of carbonyl (C=O) groups excluding carboxylic acids is 1. The molecule has 9 heteroatoms. The van der Waals surface area contributed by atoms with Gasteiger partial charge < -0.3 is 40.3 Å². The second-order valence-corrected chi connectivity index (χ2v) is 16.9. The molecule has 0 spiro atoms. The van der Waals surface area contributed by atoms with Crippen LogP contribution in [0.2, 0.25) is 0 Å².